The molecular weight excluding hydrogens is 244 g/mol. The van der Waals surface area contributed by atoms with Crippen molar-refractivity contribution in [3.05, 3.63) is 35.9 Å². The highest BCUT2D eigenvalue weighted by molar-refractivity contribution is 5.20. The average molecular weight is 272 g/mol. The third-order valence-electron chi connectivity index (χ3n) is 5.26. The predicted molar refractivity (Wildman–Crippen MR) is 85.1 cm³/mol. The number of nitrogens with one attached hydrogen (secondary N) is 1. The van der Waals surface area contributed by atoms with Gasteiger partial charge in [0.1, 0.15) is 0 Å². The van der Waals surface area contributed by atoms with Crippen LogP contribution in [0.15, 0.2) is 30.3 Å². The Morgan fingerprint density at radius 3 is 2.45 bits per heavy atom. The van der Waals surface area contributed by atoms with Crippen LogP contribution in [0, 0.1) is 0 Å². The number of likely N-dealkylation sites (N-methyl/N-ethyl adjacent to an activating group) is 1. The molecule has 1 aromatic rings. The smallest absolute Gasteiger partial charge is 0.0195 e. The van der Waals surface area contributed by atoms with Gasteiger partial charge < -0.3 is 10.2 Å². The number of hydrogen-bond donors (Lipinski definition) is 1. The number of benzene rings is 1. The van der Waals surface area contributed by atoms with Crippen LogP contribution in [-0.2, 0) is 0 Å². The van der Waals surface area contributed by atoms with Gasteiger partial charge in [-0.25, -0.2) is 0 Å². The lowest BCUT2D eigenvalue weighted by Gasteiger charge is -2.36. The monoisotopic (exact) mass is 272 g/mol. The van der Waals surface area contributed by atoms with Gasteiger partial charge in [-0.15, -0.1) is 0 Å². The Balaban J connectivity index is 1.48. The zero-order chi connectivity index (χ0) is 13.8. The zero-order valence-corrected chi connectivity index (χ0v) is 12.7. The van der Waals surface area contributed by atoms with Crippen molar-refractivity contribution in [2.75, 3.05) is 20.1 Å². The van der Waals surface area contributed by atoms with Crippen LogP contribution in [0.2, 0.25) is 0 Å². The molecule has 1 unspecified atom stereocenters. The molecule has 1 aromatic carbocycles. The molecule has 3 rings (SSSR count). The summed E-state index contributed by atoms with van der Waals surface area (Å²) in [5.74, 6) is 0.797. The van der Waals surface area contributed by atoms with Crippen molar-refractivity contribution in [1.82, 2.24) is 10.2 Å². The highest BCUT2D eigenvalue weighted by Gasteiger charge is 2.26. The van der Waals surface area contributed by atoms with Crippen molar-refractivity contribution in [2.45, 2.75) is 56.5 Å². The third kappa shape index (κ3) is 3.42. The average Bonchev–Trinajstić information content (AvgIpc) is 3.01. The fourth-order valence-corrected chi connectivity index (χ4v) is 3.98. The molecule has 0 amide bonds. The van der Waals surface area contributed by atoms with Gasteiger partial charge in [-0.2, -0.15) is 0 Å². The lowest BCUT2D eigenvalue weighted by molar-refractivity contribution is 0.170. The van der Waals surface area contributed by atoms with Crippen LogP contribution in [0.1, 0.15) is 50.0 Å². The predicted octanol–water partition coefficient (Wildman–Crippen LogP) is 3.40. The van der Waals surface area contributed by atoms with Crippen LogP contribution in [0.3, 0.4) is 0 Å². The van der Waals surface area contributed by atoms with E-state index in [0.717, 1.165) is 18.0 Å². The number of rotatable bonds is 4. The van der Waals surface area contributed by atoms with Gasteiger partial charge in [-0.3, -0.25) is 0 Å². The highest BCUT2D eigenvalue weighted by atomic mass is 15.2. The third-order valence-corrected chi connectivity index (χ3v) is 5.26. The summed E-state index contributed by atoms with van der Waals surface area (Å²) >= 11 is 0. The van der Waals surface area contributed by atoms with Crippen molar-refractivity contribution < 1.29 is 0 Å². The Labute approximate surface area is 123 Å². The molecule has 0 spiro atoms. The lowest BCUT2D eigenvalue weighted by atomic mass is 9.81. The van der Waals surface area contributed by atoms with E-state index in [0.29, 0.717) is 0 Å². The molecule has 110 valence electrons. The second-order valence-electron chi connectivity index (χ2n) is 6.65. The Morgan fingerprint density at radius 1 is 1.05 bits per heavy atom. The molecule has 0 radical (unpaired) electrons. The standard InChI is InChI=1S/C18H28N2/c1-20(14-17-8-5-13-19-17)18-11-9-16(10-12-18)15-6-3-2-4-7-15/h2-4,6-7,16-19H,5,8-14H2,1H3. The van der Waals surface area contributed by atoms with Gasteiger partial charge in [0, 0.05) is 18.6 Å². The Kier molecular flexibility index (Phi) is 4.74. The molecule has 0 aromatic heterocycles. The quantitative estimate of drug-likeness (QED) is 0.904. The molecule has 1 atom stereocenters. The Morgan fingerprint density at radius 2 is 1.80 bits per heavy atom. The summed E-state index contributed by atoms with van der Waals surface area (Å²) < 4.78 is 0. The van der Waals surface area contributed by atoms with E-state index in [9.17, 15) is 0 Å². The molecule has 2 fully saturated rings. The molecule has 2 nitrogen and oxygen atoms in total. The van der Waals surface area contributed by atoms with Crippen LogP contribution in [0.4, 0.5) is 0 Å². The molecular formula is C18H28N2. The van der Waals surface area contributed by atoms with E-state index in [4.69, 9.17) is 0 Å². The first-order valence-electron chi connectivity index (χ1n) is 8.31. The first-order chi connectivity index (χ1) is 9.83. The van der Waals surface area contributed by atoms with Crippen LogP contribution < -0.4 is 5.32 Å². The van der Waals surface area contributed by atoms with Crippen LogP contribution >= 0.6 is 0 Å². The minimum atomic E-state index is 0.742. The van der Waals surface area contributed by atoms with Gasteiger partial charge in [0.25, 0.3) is 0 Å². The molecule has 1 N–H and O–H groups in total. The van der Waals surface area contributed by atoms with Crippen molar-refractivity contribution in [3.8, 4) is 0 Å². The summed E-state index contributed by atoms with van der Waals surface area (Å²) in [4.78, 5) is 2.62. The van der Waals surface area contributed by atoms with Crippen molar-refractivity contribution in [2.24, 2.45) is 0 Å². The number of hydrogen-bond acceptors (Lipinski definition) is 2. The summed E-state index contributed by atoms with van der Waals surface area (Å²) in [7, 11) is 2.33. The molecule has 2 heteroatoms. The fraction of sp³-hybridized carbons (Fsp3) is 0.667. The van der Waals surface area contributed by atoms with E-state index in [1.54, 1.807) is 5.56 Å². The highest BCUT2D eigenvalue weighted by Crippen LogP contribution is 2.34. The largest absolute Gasteiger partial charge is 0.313 e. The van der Waals surface area contributed by atoms with Crippen LogP contribution in [-0.4, -0.2) is 37.1 Å². The van der Waals surface area contributed by atoms with Gasteiger partial charge in [0.2, 0.25) is 0 Å². The maximum atomic E-state index is 3.62. The lowest BCUT2D eigenvalue weighted by Crippen LogP contribution is -2.42. The summed E-state index contributed by atoms with van der Waals surface area (Å²) in [6.45, 7) is 2.46. The summed E-state index contributed by atoms with van der Waals surface area (Å²) in [6, 6.07) is 12.6. The molecule has 1 aliphatic heterocycles. The minimum absolute atomic E-state index is 0.742. The van der Waals surface area contributed by atoms with E-state index in [-0.39, 0.29) is 0 Å². The van der Waals surface area contributed by atoms with E-state index < -0.39 is 0 Å². The summed E-state index contributed by atoms with van der Waals surface area (Å²) in [5.41, 5.74) is 1.55. The van der Waals surface area contributed by atoms with Gasteiger partial charge in [0.05, 0.1) is 0 Å². The summed E-state index contributed by atoms with van der Waals surface area (Å²) in [6.07, 6.45) is 8.17. The molecule has 0 bridgehead atoms. The normalized spacial score (nSPS) is 30.8. The van der Waals surface area contributed by atoms with Crippen LogP contribution in [0.5, 0.6) is 0 Å². The molecule has 1 aliphatic carbocycles. The van der Waals surface area contributed by atoms with Crippen molar-refractivity contribution >= 4 is 0 Å². The van der Waals surface area contributed by atoms with E-state index in [1.807, 2.05) is 0 Å². The first kappa shape index (κ1) is 14.1. The van der Waals surface area contributed by atoms with Gasteiger partial charge in [0.15, 0.2) is 0 Å². The number of nitrogens with zero attached hydrogens (tertiary/aromatic N) is 1. The summed E-state index contributed by atoms with van der Waals surface area (Å²) in [5, 5.41) is 3.62. The van der Waals surface area contributed by atoms with Crippen LogP contribution in [0.25, 0.3) is 0 Å². The van der Waals surface area contributed by atoms with E-state index in [1.165, 1.54) is 51.6 Å². The Bertz CT molecular complexity index is 389. The molecule has 2 aliphatic rings. The fourth-order valence-electron chi connectivity index (χ4n) is 3.98. The molecule has 1 saturated heterocycles. The van der Waals surface area contributed by atoms with E-state index in [2.05, 4.69) is 47.6 Å². The maximum absolute atomic E-state index is 3.62. The topological polar surface area (TPSA) is 15.3 Å². The Hall–Kier alpha value is -0.860. The second-order valence-corrected chi connectivity index (χ2v) is 6.65. The minimum Gasteiger partial charge on any atom is -0.313 e. The molecule has 1 saturated carbocycles. The van der Waals surface area contributed by atoms with E-state index >= 15 is 0 Å². The maximum Gasteiger partial charge on any atom is 0.0195 e. The molecule has 20 heavy (non-hydrogen) atoms. The second kappa shape index (κ2) is 6.73. The SMILES string of the molecule is CN(CC1CCCN1)C1CCC(c2ccccc2)CC1. The van der Waals surface area contributed by atoms with Gasteiger partial charge in [-0.1, -0.05) is 30.3 Å². The zero-order valence-electron chi connectivity index (χ0n) is 12.7. The van der Waals surface area contributed by atoms with Crippen molar-refractivity contribution in [1.29, 1.82) is 0 Å². The molecule has 1 heterocycles. The van der Waals surface area contributed by atoms with Crippen molar-refractivity contribution in [3.63, 3.8) is 0 Å². The first-order valence-corrected chi connectivity index (χ1v) is 8.31. The van der Waals surface area contributed by atoms with Gasteiger partial charge in [-0.05, 0) is 63.6 Å². The van der Waals surface area contributed by atoms with Gasteiger partial charge >= 0.3 is 0 Å².